The number of fused-ring (bicyclic) bond motifs is 3. The van der Waals surface area contributed by atoms with Crippen molar-refractivity contribution in [3.63, 3.8) is 0 Å². The number of carbonyl (C=O) groups excluding carboxylic acids is 5. The molecular weight excluding hydrogens is 691 g/mol. The number of nitrogens with zero attached hydrogens (tertiary/aromatic N) is 2. The van der Waals surface area contributed by atoms with E-state index >= 15 is 0 Å². The van der Waals surface area contributed by atoms with Crippen molar-refractivity contribution in [2.24, 2.45) is 5.92 Å². The normalized spacial score (nSPS) is 26.0. The lowest BCUT2D eigenvalue weighted by molar-refractivity contribution is -0.141. The maximum absolute atomic E-state index is 14.4. The van der Waals surface area contributed by atoms with Gasteiger partial charge in [-0.2, -0.15) is 0 Å². The smallest absolute Gasteiger partial charge is 0.410 e. The third-order valence-corrected chi connectivity index (χ3v) is 10.2. The Bertz CT molecular complexity index is 1920. The van der Waals surface area contributed by atoms with Gasteiger partial charge >= 0.3 is 12.2 Å². The molecule has 53 heavy (non-hydrogen) atoms. The van der Waals surface area contributed by atoms with Gasteiger partial charge in [0.1, 0.15) is 46.5 Å². The average Bonchev–Trinajstić information content (AvgIpc) is 3.39. The first-order valence-electron chi connectivity index (χ1n) is 17.9. The summed E-state index contributed by atoms with van der Waals surface area (Å²) >= 11 is 0. The number of allylic oxidation sites excluding steroid dienone is 1. The van der Waals surface area contributed by atoms with Crippen molar-refractivity contribution in [3.05, 3.63) is 67.7 Å². The van der Waals surface area contributed by atoms with Gasteiger partial charge in [-0.05, 0) is 58.1 Å². The van der Waals surface area contributed by atoms with Crippen molar-refractivity contribution in [2.75, 3.05) is 24.2 Å². The van der Waals surface area contributed by atoms with Crippen LogP contribution in [0.2, 0.25) is 0 Å². The van der Waals surface area contributed by atoms with Crippen LogP contribution in [0.4, 0.5) is 25.4 Å². The summed E-state index contributed by atoms with van der Waals surface area (Å²) in [4.78, 5) is 95.5. The number of hydrogen-bond donors (Lipinski definition) is 4. The van der Waals surface area contributed by atoms with Crippen LogP contribution in [0.5, 0.6) is 0 Å². The third-order valence-electron chi connectivity index (χ3n) is 10.2. The molecule has 284 valence electrons. The number of ether oxygens (including phenoxy) is 2. The minimum atomic E-state index is -1.50. The monoisotopic (exact) mass is 736 g/mol. The molecule has 2 aromatic rings. The first kappa shape index (κ1) is 37.5. The van der Waals surface area contributed by atoms with E-state index in [1.165, 1.54) is 22.9 Å². The number of carbonyl (C=O) groups is 5. The summed E-state index contributed by atoms with van der Waals surface area (Å²) in [6.45, 7) is 5.00. The molecule has 3 heterocycles. The summed E-state index contributed by atoms with van der Waals surface area (Å²) < 4.78 is 25.7. The number of nitrogens with one attached hydrogen (secondary N) is 4. The highest BCUT2D eigenvalue weighted by Gasteiger charge is 2.61. The Morgan fingerprint density at radius 2 is 1.77 bits per heavy atom. The number of amides is 5. The van der Waals surface area contributed by atoms with Crippen molar-refractivity contribution in [1.29, 1.82) is 0 Å². The van der Waals surface area contributed by atoms with Gasteiger partial charge in [0.2, 0.25) is 11.8 Å². The molecule has 3 aliphatic heterocycles. The van der Waals surface area contributed by atoms with Crippen LogP contribution in [0.1, 0.15) is 76.8 Å². The second-order valence-corrected chi connectivity index (χ2v) is 15.1. The molecule has 4 aliphatic rings. The maximum Gasteiger partial charge on any atom is 0.410 e. The second kappa shape index (κ2) is 14.6. The Labute approximate surface area is 305 Å². The number of hydrogen-bond acceptors (Lipinski definition) is 10. The molecule has 4 N–H and O–H groups in total. The fraction of sp³-hybridized carbons (Fsp3) is 0.541. The fourth-order valence-corrected chi connectivity index (χ4v) is 7.32. The minimum Gasteiger partial charge on any atom is -0.444 e. The van der Waals surface area contributed by atoms with Crippen molar-refractivity contribution in [1.82, 2.24) is 20.4 Å². The van der Waals surface area contributed by atoms with Crippen LogP contribution in [0.25, 0.3) is 0 Å². The molecule has 1 saturated carbocycles. The van der Waals surface area contributed by atoms with E-state index in [4.69, 9.17) is 9.47 Å². The number of anilines is 2. The van der Waals surface area contributed by atoms with Gasteiger partial charge in [0.25, 0.3) is 16.8 Å². The Morgan fingerprint density at radius 3 is 2.49 bits per heavy atom. The standard InChI is InChI=1S/C37H45FN6O9/c1-36(2,3)53-34(50)40-25-14-9-7-5-6-8-12-21-16-37(21,33(49)41-28-27(39-4)29(45)30(28)46)42-31(47)26-15-22(18-44(26)32(25)48)52-35(51)43-17-20-11-10-13-24(38)23(20)19-43/h8,10-13,21-22,25-26,39H,5-7,9,14-19H2,1-4H3,(H,40,50)(H,41,49)(H,42,47)/t21-,22-,25+,26+,37-/m1/s1. The lowest BCUT2D eigenvalue weighted by Crippen LogP contribution is -2.57. The Morgan fingerprint density at radius 1 is 1.02 bits per heavy atom. The molecule has 1 aliphatic carbocycles. The van der Waals surface area contributed by atoms with Gasteiger partial charge in [-0.1, -0.05) is 37.1 Å². The lowest BCUT2D eigenvalue weighted by Gasteiger charge is -2.30. The van der Waals surface area contributed by atoms with Gasteiger partial charge in [0.05, 0.1) is 13.1 Å². The second-order valence-electron chi connectivity index (χ2n) is 15.1. The van der Waals surface area contributed by atoms with Gasteiger partial charge in [-0.15, -0.1) is 0 Å². The van der Waals surface area contributed by atoms with Crippen molar-refractivity contribution in [2.45, 2.75) is 108 Å². The van der Waals surface area contributed by atoms with E-state index in [9.17, 15) is 38.0 Å². The van der Waals surface area contributed by atoms with Crippen molar-refractivity contribution < 1.29 is 37.8 Å². The topological polar surface area (TPSA) is 193 Å². The molecule has 5 amide bonds. The summed E-state index contributed by atoms with van der Waals surface area (Å²) in [5.41, 5.74) is -3.17. The molecule has 0 bridgehead atoms. The fourth-order valence-electron chi connectivity index (χ4n) is 7.32. The predicted octanol–water partition coefficient (Wildman–Crippen LogP) is 2.81. The lowest BCUT2D eigenvalue weighted by atomic mass is 10.0. The van der Waals surface area contributed by atoms with Crippen LogP contribution in [-0.2, 0) is 36.9 Å². The van der Waals surface area contributed by atoms with Crippen molar-refractivity contribution >= 4 is 41.3 Å². The highest BCUT2D eigenvalue weighted by atomic mass is 19.1. The molecular formula is C37H45FN6O9. The molecule has 0 unspecified atom stereocenters. The first-order chi connectivity index (χ1) is 25.1. The maximum atomic E-state index is 14.4. The number of rotatable bonds is 5. The van der Waals surface area contributed by atoms with Gasteiger partial charge in [0.15, 0.2) is 0 Å². The van der Waals surface area contributed by atoms with Crippen LogP contribution in [-0.4, -0.2) is 82.6 Å². The highest BCUT2D eigenvalue weighted by molar-refractivity contribution is 6.06. The molecule has 0 aromatic heterocycles. The van der Waals surface area contributed by atoms with E-state index in [2.05, 4.69) is 21.3 Å². The Kier molecular flexibility index (Phi) is 10.3. The molecule has 0 spiro atoms. The van der Waals surface area contributed by atoms with E-state index < -0.39 is 81.8 Å². The van der Waals surface area contributed by atoms with Crippen LogP contribution in [0.3, 0.4) is 0 Å². The Hall–Kier alpha value is -5.28. The molecule has 6 rings (SSSR count). The minimum absolute atomic E-state index is 0.00562. The molecule has 15 nitrogen and oxygen atoms in total. The zero-order chi connectivity index (χ0) is 38.2. The Balaban J connectivity index is 1.26. The zero-order valence-corrected chi connectivity index (χ0v) is 30.2. The summed E-state index contributed by atoms with van der Waals surface area (Å²) in [6, 6.07) is 2.29. The molecule has 5 atom stereocenters. The van der Waals surface area contributed by atoms with Gasteiger partial charge < -0.3 is 35.6 Å². The van der Waals surface area contributed by atoms with E-state index in [-0.39, 0.29) is 50.3 Å². The molecule has 2 fully saturated rings. The van der Waals surface area contributed by atoms with Crippen LogP contribution in [0.15, 0.2) is 39.9 Å². The van der Waals surface area contributed by atoms with Crippen LogP contribution < -0.4 is 32.1 Å². The zero-order valence-electron chi connectivity index (χ0n) is 30.2. The third kappa shape index (κ3) is 7.76. The van der Waals surface area contributed by atoms with Crippen molar-refractivity contribution in [3.8, 4) is 0 Å². The molecule has 2 aromatic carbocycles. The van der Waals surface area contributed by atoms with Crippen LogP contribution >= 0.6 is 0 Å². The molecule has 16 heteroatoms. The summed E-state index contributed by atoms with van der Waals surface area (Å²) in [6.07, 6.45) is 4.27. The first-order valence-corrected chi connectivity index (χ1v) is 17.9. The van der Waals surface area contributed by atoms with E-state index in [0.717, 1.165) is 12.8 Å². The summed E-state index contributed by atoms with van der Waals surface area (Å²) in [5.74, 6) is -2.88. The summed E-state index contributed by atoms with van der Waals surface area (Å²) in [7, 11) is 1.44. The number of benzene rings is 1. The van der Waals surface area contributed by atoms with Crippen LogP contribution in [0, 0.1) is 11.7 Å². The number of alkyl carbamates (subject to hydrolysis) is 1. The summed E-state index contributed by atoms with van der Waals surface area (Å²) in [5, 5.41) is 10.6. The molecule has 0 radical (unpaired) electrons. The predicted molar refractivity (Wildman–Crippen MR) is 190 cm³/mol. The van der Waals surface area contributed by atoms with Gasteiger partial charge in [-0.3, -0.25) is 28.9 Å². The largest absolute Gasteiger partial charge is 0.444 e. The number of halogens is 1. The average molecular weight is 737 g/mol. The highest BCUT2D eigenvalue weighted by Crippen LogP contribution is 2.46. The van der Waals surface area contributed by atoms with Gasteiger partial charge in [-0.25, -0.2) is 14.0 Å². The quantitative estimate of drug-likeness (QED) is 0.262. The van der Waals surface area contributed by atoms with E-state index in [1.54, 1.807) is 32.9 Å². The van der Waals surface area contributed by atoms with E-state index in [1.807, 2.05) is 12.2 Å². The van der Waals surface area contributed by atoms with E-state index in [0.29, 0.717) is 24.0 Å². The van der Waals surface area contributed by atoms with Gasteiger partial charge in [0, 0.05) is 31.5 Å². The SMILES string of the molecule is CNc1c(NC(=O)[C@@]23C[C@H]2C=CCCCCC[C@H](NC(=O)OC(C)(C)C)C(=O)N2C[C@H](OC(=O)N4Cc5cccc(F)c5C4)C[C@H]2C(=O)N3)c(=O)c1=O. The molecule has 1 saturated heterocycles.